The van der Waals surface area contributed by atoms with Crippen LogP contribution in [0, 0.1) is 0 Å². The Kier molecular flexibility index (Phi) is 5.25. The third kappa shape index (κ3) is 3.98. The van der Waals surface area contributed by atoms with Crippen LogP contribution in [-0.4, -0.2) is 26.0 Å². The van der Waals surface area contributed by atoms with Gasteiger partial charge < -0.3 is 9.47 Å². The first-order chi connectivity index (χ1) is 9.33. The zero-order valence-electron chi connectivity index (χ0n) is 11.9. The summed E-state index contributed by atoms with van der Waals surface area (Å²) in [4.78, 5) is 4.37. The first kappa shape index (κ1) is 13.9. The molecule has 0 unspecified atom stereocenters. The first-order valence-corrected chi connectivity index (χ1v) is 7.18. The van der Waals surface area contributed by atoms with Gasteiger partial charge in [0, 0.05) is 12.8 Å². The molecule has 19 heavy (non-hydrogen) atoms. The molecule has 3 nitrogen and oxygen atoms in total. The molecule has 1 aliphatic rings. The monoisotopic (exact) mass is 261 g/mol. The van der Waals surface area contributed by atoms with E-state index in [1.807, 2.05) is 24.4 Å². The van der Waals surface area contributed by atoms with E-state index in [-0.39, 0.29) is 0 Å². The summed E-state index contributed by atoms with van der Waals surface area (Å²) in [5.74, 6) is 1.65. The molecule has 2 rings (SSSR count). The maximum absolute atomic E-state index is 6.06. The van der Waals surface area contributed by atoms with E-state index in [0.29, 0.717) is 6.10 Å². The molecule has 0 radical (unpaired) electrons. The zero-order valence-corrected chi connectivity index (χ0v) is 11.9. The first-order valence-electron chi connectivity index (χ1n) is 7.18. The topological polar surface area (TPSA) is 30.8 Å². The fourth-order valence-corrected chi connectivity index (χ4v) is 2.35. The zero-order chi connectivity index (χ0) is 13.5. The third-order valence-corrected chi connectivity index (χ3v) is 3.38. The van der Waals surface area contributed by atoms with Gasteiger partial charge >= 0.3 is 0 Å². The maximum atomic E-state index is 6.06. The summed E-state index contributed by atoms with van der Waals surface area (Å²) < 4.78 is 11.4. The second-order valence-electron chi connectivity index (χ2n) is 4.97. The molecule has 0 aliphatic heterocycles. The van der Waals surface area contributed by atoms with Crippen LogP contribution in [0.3, 0.4) is 0 Å². The molecule has 0 amide bonds. The van der Waals surface area contributed by atoms with Gasteiger partial charge in [-0.05, 0) is 55.9 Å². The molecule has 0 spiro atoms. The SMILES string of the molecule is CCCN=Cc1ccc(OC)c(OC2CCCC2)c1. The van der Waals surface area contributed by atoms with E-state index in [1.54, 1.807) is 7.11 Å². The Hall–Kier alpha value is -1.51. The Morgan fingerprint density at radius 3 is 2.74 bits per heavy atom. The van der Waals surface area contributed by atoms with Gasteiger partial charge in [-0.2, -0.15) is 0 Å². The van der Waals surface area contributed by atoms with Gasteiger partial charge in [-0.15, -0.1) is 0 Å². The van der Waals surface area contributed by atoms with E-state index in [1.165, 1.54) is 12.8 Å². The van der Waals surface area contributed by atoms with Gasteiger partial charge in [-0.1, -0.05) is 6.92 Å². The lowest BCUT2D eigenvalue weighted by molar-refractivity contribution is 0.201. The van der Waals surface area contributed by atoms with Crippen molar-refractivity contribution in [3.8, 4) is 11.5 Å². The maximum Gasteiger partial charge on any atom is 0.162 e. The predicted molar refractivity (Wildman–Crippen MR) is 78.6 cm³/mol. The van der Waals surface area contributed by atoms with Crippen LogP contribution in [0.2, 0.25) is 0 Å². The lowest BCUT2D eigenvalue weighted by Crippen LogP contribution is -2.11. The average Bonchev–Trinajstić information content (AvgIpc) is 2.92. The highest BCUT2D eigenvalue weighted by Crippen LogP contribution is 2.32. The largest absolute Gasteiger partial charge is 0.493 e. The third-order valence-electron chi connectivity index (χ3n) is 3.38. The van der Waals surface area contributed by atoms with Crippen molar-refractivity contribution < 1.29 is 9.47 Å². The molecule has 1 aromatic carbocycles. The van der Waals surface area contributed by atoms with E-state index < -0.39 is 0 Å². The Balaban J connectivity index is 2.10. The number of nitrogens with zero attached hydrogens (tertiary/aromatic N) is 1. The van der Waals surface area contributed by atoms with Crippen LogP contribution in [0.1, 0.15) is 44.6 Å². The summed E-state index contributed by atoms with van der Waals surface area (Å²) >= 11 is 0. The summed E-state index contributed by atoms with van der Waals surface area (Å²) in [6.07, 6.45) is 8.16. The molecule has 3 heteroatoms. The van der Waals surface area contributed by atoms with Crippen LogP contribution in [0.25, 0.3) is 0 Å². The Morgan fingerprint density at radius 2 is 2.05 bits per heavy atom. The smallest absolute Gasteiger partial charge is 0.162 e. The Bertz CT molecular complexity index is 423. The molecule has 1 aromatic rings. The summed E-state index contributed by atoms with van der Waals surface area (Å²) in [5, 5.41) is 0. The van der Waals surface area contributed by atoms with Crippen molar-refractivity contribution in [3.63, 3.8) is 0 Å². The van der Waals surface area contributed by atoms with Gasteiger partial charge in [0.15, 0.2) is 11.5 Å². The van der Waals surface area contributed by atoms with E-state index in [9.17, 15) is 0 Å². The second-order valence-corrected chi connectivity index (χ2v) is 4.97. The Labute approximate surface area is 115 Å². The minimum absolute atomic E-state index is 0.344. The number of rotatable bonds is 6. The van der Waals surface area contributed by atoms with E-state index in [4.69, 9.17) is 9.47 Å². The van der Waals surface area contributed by atoms with Crippen LogP contribution < -0.4 is 9.47 Å². The highest BCUT2D eigenvalue weighted by atomic mass is 16.5. The minimum Gasteiger partial charge on any atom is -0.493 e. The summed E-state index contributed by atoms with van der Waals surface area (Å²) in [6, 6.07) is 5.99. The van der Waals surface area contributed by atoms with Crippen molar-refractivity contribution in [2.45, 2.75) is 45.1 Å². The Morgan fingerprint density at radius 1 is 1.26 bits per heavy atom. The second kappa shape index (κ2) is 7.17. The van der Waals surface area contributed by atoms with E-state index in [2.05, 4.69) is 11.9 Å². The molecule has 1 fully saturated rings. The number of methoxy groups -OCH3 is 1. The molecule has 0 bridgehead atoms. The minimum atomic E-state index is 0.344. The van der Waals surface area contributed by atoms with Crippen molar-refractivity contribution in [3.05, 3.63) is 23.8 Å². The summed E-state index contributed by atoms with van der Waals surface area (Å²) in [6.45, 7) is 2.99. The number of hydrogen-bond acceptors (Lipinski definition) is 3. The molecule has 1 saturated carbocycles. The van der Waals surface area contributed by atoms with Gasteiger partial charge in [0.2, 0.25) is 0 Å². The van der Waals surface area contributed by atoms with Crippen molar-refractivity contribution in [2.75, 3.05) is 13.7 Å². The molecule has 0 atom stereocenters. The van der Waals surface area contributed by atoms with Gasteiger partial charge in [0.1, 0.15) is 0 Å². The van der Waals surface area contributed by atoms with Crippen LogP contribution in [0.5, 0.6) is 11.5 Å². The summed E-state index contributed by atoms with van der Waals surface area (Å²) in [7, 11) is 1.68. The van der Waals surface area contributed by atoms with Crippen molar-refractivity contribution >= 4 is 6.21 Å². The highest BCUT2D eigenvalue weighted by Gasteiger charge is 2.18. The number of ether oxygens (including phenoxy) is 2. The van der Waals surface area contributed by atoms with Gasteiger partial charge in [-0.25, -0.2) is 0 Å². The van der Waals surface area contributed by atoms with Crippen LogP contribution in [0.4, 0.5) is 0 Å². The van der Waals surface area contributed by atoms with Crippen LogP contribution in [-0.2, 0) is 0 Å². The average molecular weight is 261 g/mol. The predicted octanol–water partition coefficient (Wildman–Crippen LogP) is 3.85. The quantitative estimate of drug-likeness (QED) is 0.728. The molecule has 104 valence electrons. The molecule has 0 aromatic heterocycles. The fourth-order valence-electron chi connectivity index (χ4n) is 2.35. The standard InChI is InChI=1S/C16H23NO2/c1-3-10-17-12-13-8-9-15(18-2)16(11-13)19-14-6-4-5-7-14/h8-9,11-12,14H,3-7,10H2,1-2H3. The molecular formula is C16H23NO2. The van der Waals surface area contributed by atoms with Crippen molar-refractivity contribution in [1.29, 1.82) is 0 Å². The number of hydrogen-bond donors (Lipinski definition) is 0. The normalized spacial score (nSPS) is 16.1. The molecular weight excluding hydrogens is 238 g/mol. The lowest BCUT2D eigenvalue weighted by Gasteiger charge is -2.16. The van der Waals surface area contributed by atoms with E-state index >= 15 is 0 Å². The van der Waals surface area contributed by atoms with Crippen LogP contribution >= 0.6 is 0 Å². The number of benzene rings is 1. The number of aliphatic imine (C=N–C) groups is 1. The molecule has 1 aliphatic carbocycles. The fraction of sp³-hybridized carbons (Fsp3) is 0.562. The van der Waals surface area contributed by atoms with Gasteiger partial charge in [0.25, 0.3) is 0 Å². The van der Waals surface area contributed by atoms with Crippen molar-refractivity contribution in [1.82, 2.24) is 0 Å². The molecule has 0 N–H and O–H groups in total. The summed E-state index contributed by atoms with van der Waals surface area (Å²) in [5.41, 5.74) is 1.07. The van der Waals surface area contributed by atoms with Gasteiger partial charge in [0.05, 0.1) is 13.2 Å². The van der Waals surface area contributed by atoms with Crippen LogP contribution in [0.15, 0.2) is 23.2 Å². The van der Waals surface area contributed by atoms with Crippen molar-refractivity contribution in [2.24, 2.45) is 4.99 Å². The van der Waals surface area contributed by atoms with Gasteiger partial charge in [-0.3, -0.25) is 4.99 Å². The molecule has 0 saturated heterocycles. The van der Waals surface area contributed by atoms with E-state index in [0.717, 1.165) is 42.9 Å². The highest BCUT2D eigenvalue weighted by molar-refractivity contribution is 5.80. The lowest BCUT2D eigenvalue weighted by atomic mass is 10.2. The molecule has 0 heterocycles.